The van der Waals surface area contributed by atoms with Crippen molar-refractivity contribution in [2.75, 3.05) is 32.8 Å². The third-order valence-corrected chi connectivity index (χ3v) is 3.27. The number of aliphatic carboxylic acids is 1. The maximum Gasteiger partial charge on any atom is 0.406 e. The van der Waals surface area contributed by atoms with E-state index in [-0.39, 0.29) is 13.0 Å². The van der Waals surface area contributed by atoms with Gasteiger partial charge in [0.2, 0.25) is 0 Å². The van der Waals surface area contributed by atoms with Gasteiger partial charge in [0, 0.05) is 26.3 Å². The van der Waals surface area contributed by atoms with Gasteiger partial charge in [-0.05, 0) is 26.3 Å². The standard InChI is InChI=1S/C11H18F3NO3/c1-2-18-7-3-5-15-6-4-10(8-15,9(16)17)11(12,13)14/h2-8H2,1H3,(H,16,17). The van der Waals surface area contributed by atoms with Crippen LogP contribution in [0.4, 0.5) is 13.2 Å². The van der Waals surface area contributed by atoms with Crippen LogP contribution in [0.25, 0.3) is 0 Å². The van der Waals surface area contributed by atoms with E-state index in [9.17, 15) is 18.0 Å². The summed E-state index contributed by atoms with van der Waals surface area (Å²) in [6, 6.07) is 0. The third kappa shape index (κ3) is 3.14. The Kier molecular flexibility index (Phi) is 4.98. The van der Waals surface area contributed by atoms with E-state index in [0.29, 0.717) is 26.2 Å². The van der Waals surface area contributed by atoms with Crippen molar-refractivity contribution in [3.8, 4) is 0 Å². The van der Waals surface area contributed by atoms with Crippen molar-refractivity contribution in [2.45, 2.75) is 25.9 Å². The van der Waals surface area contributed by atoms with E-state index < -0.39 is 24.1 Å². The number of hydrogen-bond acceptors (Lipinski definition) is 3. The third-order valence-electron chi connectivity index (χ3n) is 3.27. The fraction of sp³-hybridized carbons (Fsp3) is 0.909. The minimum atomic E-state index is -4.70. The van der Waals surface area contributed by atoms with Crippen LogP contribution in [0.15, 0.2) is 0 Å². The molecule has 1 fully saturated rings. The number of likely N-dealkylation sites (tertiary alicyclic amines) is 1. The van der Waals surface area contributed by atoms with Crippen LogP contribution in [-0.4, -0.2) is 55.0 Å². The lowest BCUT2D eigenvalue weighted by Crippen LogP contribution is -2.47. The largest absolute Gasteiger partial charge is 0.481 e. The summed E-state index contributed by atoms with van der Waals surface area (Å²) in [6.45, 7) is 3.04. The Morgan fingerprint density at radius 3 is 2.61 bits per heavy atom. The van der Waals surface area contributed by atoms with Crippen molar-refractivity contribution >= 4 is 5.97 Å². The number of carbonyl (C=O) groups is 1. The predicted molar refractivity (Wildman–Crippen MR) is 58.3 cm³/mol. The smallest absolute Gasteiger partial charge is 0.406 e. The van der Waals surface area contributed by atoms with Crippen LogP contribution in [0.3, 0.4) is 0 Å². The van der Waals surface area contributed by atoms with E-state index in [2.05, 4.69) is 0 Å². The van der Waals surface area contributed by atoms with Gasteiger partial charge in [0.15, 0.2) is 5.41 Å². The first-order chi connectivity index (χ1) is 8.33. The summed E-state index contributed by atoms with van der Waals surface area (Å²) in [5.74, 6) is -1.78. The zero-order chi connectivity index (χ0) is 13.8. The number of nitrogens with zero attached hydrogens (tertiary/aromatic N) is 1. The average Bonchev–Trinajstić information content (AvgIpc) is 2.69. The highest BCUT2D eigenvalue weighted by Crippen LogP contribution is 2.45. The normalized spacial score (nSPS) is 25.6. The van der Waals surface area contributed by atoms with E-state index in [1.165, 1.54) is 0 Å². The van der Waals surface area contributed by atoms with Crippen molar-refractivity contribution < 1.29 is 27.8 Å². The number of ether oxygens (including phenoxy) is 1. The topological polar surface area (TPSA) is 49.8 Å². The molecule has 0 radical (unpaired) electrons. The van der Waals surface area contributed by atoms with Crippen molar-refractivity contribution in [3.05, 3.63) is 0 Å². The summed E-state index contributed by atoms with van der Waals surface area (Å²) in [5.41, 5.74) is -2.60. The lowest BCUT2D eigenvalue weighted by Gasteiger charge is -2.27. The fourth-order valence-corrected chi connectivity index (χ4v) is 2.14. The summed E-state index contributed by atoms with van der Waals surface area (Å²) in [4.78, 5) is 12.5. The monoisotopic (exact) mass is 269 g/mol. The fourth-order valence-electron chi connectivity index (χ4n) is 2.14. The molecule has 106 valence electrons. The molecule has 0 aromatic heterocycles. The van der Waals surface area contributed by atoms with Crippen LogP contribution in [0, 0.1) is 5.41 Å². The summed E-state index contributed by atoms with van der Waals surface area (Å²) >= 11 is 0. The van der Waals surface area contributed by atoms with Crippen LogP contribution in [-0.2, 0) is 9.53 Å². The van der Waals surface area contributed by atoms with E-state index in [1.54, 1.807) is 4.90 Å². The Morgan fingerprint density at radius 2 is 2.17 bits per heavy atom. The highest BCUT2D eigenvalue weighted by atomic mass is 19.4. The zero-order valence-electron chi connectivity index (χ0n) is 10.3. The van der Waals surface area contributed by atoms with Gasteiger partial charge < -0.3 is 14.7 Å². The molecule has 0 aromatic rings. The Labute approximate surface area is 104 Å². The van der Waals surface area contributed by atoms with E-state index >= 15 is 0 Å². The second kappa shape index (κ2) is 5.88. The van der Waals surface area contributed by atoms with E-state index in [0.717, 1.165) is 0 Å². The van der Waals surface area contributed by atoms with Crippen LogP contribution < -0.4 is 0 Å². The minimum Gasteiger partial charge on any atom is -0.481 e. The summed E-state index contributed by atoms with van der Waals surface area (Å²) in [5, 5.41) is 8.86. The molecule has 0 saturated carbocycles. The first-order valence-corrected chi connectivity index (χ1v) is 5.93. The molecule has 4 nitrogen and oxygen atoms in total. The number of rotatable bonds is 6. The van der Waals surface area contributed by atoms with Gasteiger partial charge in [0.25, 0.3) is 0 Å². The second-order valence-electron chi connectivity index (χ2n) is 4.46. The molecular formula is C11H18F3NO3. The van der Waals surface area contributed by atoms with Crippen molar-refractivity contribution in [1.82, 2.24) is 4.90 Å². The molecule has 1 aliphatic heterocycles. The maximum atomic E-state index is 12.9. The van der Waals surface area contributed by atoms with Gasteiger partial charge in [-0.25, -0.2) is 0 Å². The van der Waals surface area contributed by atoms with Crippen LogP contribution in [0.1, 0.15) is 19.8 Å². The first-order valence-electron chi connectivity index (χ1n) is 5.93. The molecule has 0 amide bonds. The van der Waals surface area contributed by atoms with E-state index in [1.807, 2.05) is 6.92 Å². The van der Waals surface area contributed by atoms with Crippen LogP contribution in [0.2, 0.25) is 0 Å². The van der Waals surface area contributed by atoms with Gasteiger partial charge >= 0.3 is 12.1 Å². The first kappa shape index (κ1) is 15.2. The van der Waals surface area contributed by atoms with Crippen LogP contribution >= 0.6 is 0 Å². The van der Waals surface area contributed by atoms with Crippen molar-refractivity contribution in [2.24, 2.45) is 5.41 Å². The molecule has 1 N–H and O–H groups in total. The number of carboxylic acids is 1. The molecule has 0 aliphatic carbocycles. The zero-order valence-corrected chi connectivity index (χ0v) is 10.3. The van der Waals surface area contributed by atoms with Crippen molar-refractivity contribution in [1.29, 1.82) is 0 Å². The Morgan fingerprint density at radius 1 is 1.50 bits per heavy atom. The van der Waals surface area contributed by atoms with Gasteiger partial charge in [0.1, 0.15) is 0 Å². The molecule has 1 rings (SSSR count). The SMILES string of the molecule is CCOCCCN1CCC(C(=O)O)(C(F)(F)F)C1. The van der Waals surface area contributed by atoms with E-state index in [4.69, 9.17) is 9.84 Å². The Balaban J connectivity index is 2.54. The molecule has 18 heavy (non-hydrogen) atoms. The van der Waals surface area contributed by atoms with Gasteiger partial charge in [-0.2, -0.15) is 13.2 Å². The maximum absolute atomic E-state index is 12.9. The van der Waals surface area contributed by atoms with Crippen LogP contribution in [0.5, 0.6) is 0 Å². The molecule has 0 spiro atoms. The van der Waals surface area contributed by atoms with Gasteiger partial charge in [0.05, 0.1) is 0 Å². The lowest BCUT2D eigenvalue weighted by molar-refractivity contribution is -0.227. The highest BCUT2D eigenvalue weighted by molar-refractivity contribution is 5.76. The molecule has 0 bridgehead atoms. The van der Waals surface area contributed by atoms with Gasteiger partial charge in [-0.15, -0.1) is 0 Å². The van der Waals surface area contributed by atoms with Gasteiger partial charge in [-0.1, -0.05) is 0 Å². The minimum absolute atomic E-state index is 0.165. The lowest BCUT2D eigenvalue weighted by atomic mass is 9.86. The highest BCUT2D eigenvalue weighted by Gasteiger charge is 2.63. The number of halogens is 3. The Hall–Kier alpha value is -0.820. The number of alkyl halides is 3. The van der Waals surface area contributed by atoms with Gasteiger partial charge in [-0.3, -0.25) is 4.79 Å². The molecule has 1 heterocycles. The number of hydrogen-bond donors (Lipinski definition) is 1. The quantitative estimate of drug-likeness (QED) is 0.746. The molecule has 1 atom stereocenters. The summed E-state index contributed by atoms with van der Waals surface area (Å²) < 4.78 is 43.6. The molecule has 1 unspecified atom stereocenters. The molecule has 0 aromatic carbocycles. The molecule has 1 saturated heterocycles. The number of carboxylic acid groups (broad SMARTS) is 1. The Bertz CT molecular complexity index is 296. The predicted octanol–water partition coefficient (Wildman–Crippen LogP) is 1.75. The molecule has 1 aliphatic rings. The molecular weight excluding hydrogens is 251 g/mol. The van der Waals surface area contributed by atoms with Crippen molar-refractivity contribution in [3.63, 3.8) is 0 Å². The second-order valence-corrected chi connectivity index (χ2v) is 4.46. The average molecular weight is 269 g/mol. The summed E-state index contributed by atoms with van der Waals surface area (Å²) in [6.07, 6.45) is -4.46. The summed E-state index contributed by atoms with van der Waals surface area (Å²) in [7, 11) is 0. The molecule has 7 heteroatoms.